The van der Waals surface area contributed by atoms with Crippen molar-refractivity contribution in [3.05, 3.63) is 48.5 Å². The maximum Gasteiger partial charge on any atom is 0.128 e. The molecule has 67 heavy (non-hydrogen) atoms. The summed E-state index contributed by atoms with van der Waals surface area (Å²) in [5.41, 5.74) is 2.67. The topological polar surface area (TPSA) is 13.1 Å². The Hall–Kier alpha value is -4.88. The average molecular weight is 793 g/mol. The third kappa shape index (κ3) is 5.97. The van der Waals surface area contributed by atoms with Crippen molar-refractivity contribution >= 4 is 331 Å². The Bertz CT molecular complexity index is 3930. The first-order valence-corrected chi connectivity index (χ1v) is 20.3. The monoisotopic (exact) mass is 796 g/mol. The fourth-order valence-electron chi connectivity index (χ4n) is 9.92. The Kier molecular flexibility index (Phi) is 10.8. The van der Waals surface area contributed by atoms with Crippen LogP contribution in [0.2, 0.25) is 0 Å². The first-order chi connectivity index (χ1) is 31.7. The van der Waals surface area contributed by atoms with E-state index in [-0.39, 0.29) is 159 Å². The summed E-state index contributed by atoms with van der Waals surface area (Å²) < 4.78 is 6.35. The van der Waals surface area contributed by atoms with Gasteiger partial charge in [-0.1, -0.05) is 114 Å². The van der Waals surface area contributed by atoms with Crippen molar-refractivity contribution in [2.24, 2.45) is 0 Å². The highest BCUT2D eigenvalue weighted by Gasteiger charge is 2.29. The second-order valence-corrected chi connectivity index (χ2v) is 16.6. The van der Waals surface area contributed by atoms with E-state index < -0.39 is 0 Å². The molecule has 0 aliphatic carbocycles. The normalized spacial score (nSPS) is 11.9. The van der Waals surface area contributed by atoms with Crippen LogP contribution in [0.25, 0.3) is 98.4 Å². The van der Waals surface area contributed by atoms with E-state index in [1.165, 1.54) is 0 Å². The van der Waals surface area contributed by atoms with Crippen molar-refractivity contribution in [2.75, 3.05) is 0 Å². The third-order valence-electron chi connectivity index (χ3n) is 13.3. The largest absolute Gasteiger partial charge is 0.457 e. The molecule has 0 saturated heterocycles. The van der Waals surface area contributed by atoms with Crippen molar-refractivity contribution in [1.82, 2.24) is 0 Å². The van der Waals surface area contributed by atoms with Crippen molar-refractivity contribution in [3.63, 3.8) is 0 Å². The number of furan rings is 1. The predicted molar refractivity (Wildman–Crippen MR) is 308 cm³/mol. The van der Waals surface area contributed by atoms with Crippen LogP contribution in [0.5, 0.6) is 0 Å². The molecule has 10 aromatic rings. The van der Waals surface area contributed by atoms with Crippen molar-refractivity contribution in [1.29, 1.82) is 0 Å². The number of hydrogen-bond donors (Lipinski definition) is 0. The van der Waals surface area contributed by atoms with Crippen LogP contribution in [0.4, 0.5) is 0 Å². The van der Waals surface area contributed by atoms with Gasteiger partial charge < -0.3 is 4.42 Å². The molecule has 258 valence electrons. The van der Waals surface area contributed by atoms with Gasteiger partial charge in [0.25, 0.3) is 0 Å². The molecule has 0 spiro atoms. The molecule has 1 nitrogen and oxygen atoms in total. The lowest BCUT2D eigenvalue weighted by molar-refractivity contribution is 0.675. The van der Waals surface area contributed by atoms with Crippen LogP contribution >= 0.6 is 0 Å². The van der Waals surface area contributed by atoms with Crippen molar-refractivity contribution in [3.8, 4) is 33.4 Å². The van der Waals surface area contributed by atoms with Gasteiger partial charge in [-0.2, -0.15) is 0 Å². The molecule has 0 atom stereocenters. The van der Waals surface area contributed by atoms with E-state index in [9.17, 15) is 0 Å². The molecule has 0 amide bonds. The third-order valence-corrected chi connectivity index (χ3v) is 13.3. The van der Waals surface area contributed by atoms with E-state index in [1.54, 1.807) is 0 Å². The number of benzene rings is 9. The molecule has 0 aliphatic heterocycles. The molecule has 9 aromatic carbocycles. The van der Waals surface area contributed by atoms with E-state index in [2.05, 4.69) is 0 Å². The van der Waals surface area contributed by atoms with Gasteiger partial charge >= 0.3 is 0 Å². The molecule has 1 heterocycles. The van der Waals surface area contributed by atoms with Crippen LogP contribution in [0.1, 0.15) is 0 Å². The van der Waals surface area contributed by atoms with Gasteiger partial charge in [-0.3, -0.25) is 0 Å². The zero-order valence-electron chi connectivity index (χ0n) is 35.6. The molecule has 10 rings (SSSR count). The van der Waals surface area contributed by atoms with Gasteiger partial charge in [0.05, 0.1) is 0 Å². The van der Waals surface area contributed by atoms with Gasteiger partial charge in [0.2, 0.25) is 0 Å². The van der Waals surface area contributed by atoms with E-state index in [4.69, 9.17) is 161 Å². The number of fused-ring (bicyclic) bond motifs is 8. The summed E-state index contributed by atoms with van der Waals surface area (Å²) in [6.07, 6.45) is 0. The Morgan fingerprint density at radius 1 is 0.194 bits per heavy atom. The highest BCUT2D eigenvalue weighted by Crippen LogP contribution is 2.45. The SMILES string of the molecule is [B]c1c([B])c(-c2c3ccccc3c(-c3c([B])c([B])c([B])c4oc5c([B])c([B])c([B])c([B])c5c34)c3ccccc23)c([B])c(-c2c([B])c3c([B])c([B])c([B])c([B])c3c3c([B])c([B])c([B])c([B])c23)c1[B]. The molecule has 0 bridgehead atoms. The van der Waals surface area contributed by atoms with E-state index in [0.717, 1.165) is 0 Å². The molecule has 40 radical (unpaired) electrons. The van der Waals surface area contributed by atoms with Crippen LogP contribution in [0, 0.1) is 0 Å². The first kappa shape index (κ1) is 45.9. The van der Waals surface area contributed by atoms with E-state index in [1.807, 2.05) is 48.5 Å². The fourth-order valence-corrected chi connectivity index (χ4v) is 9.92. The molecule has 0 fully saturated rings. The average Bonchev–Trinajstić information content (AvgIpc) is 3.72. The maximum absolute atomic E-state index is 7.46. The van der Waals surface area contributed by atoms with E-state index >= 15 is 0 Å². The summed E-state index contributed by atoms with van der Waals surface area (Å²) in [7, 11) is 135. The maximum atomic E-state index is 7.46. The van der Waals surface area contributed by atoms with Gasteiger partial charge in [-0.05, 0) is 76.5 Å². The molecular formula is C46H8B20O. The first-order valence-electron chi connectivity index (χ1n) is 20.3. The zero-order chi connectivity index (χ0) is 48.3. The second-order valence-electron chi connectivity index (χ2n) is 16.6. The van der Waals surface area contributed by atoms with Crippen LogP contribution in [0.3, 0.4) is 0 Å². The van der Waals surface area contributed by atoms with Gasteiger partial charge in [0.15, 0.2) is 0 Å². The molecule has 21 heteroatoms. The Morgan fingerprint density at radius 3 is 0.940 bits per heavy atom. The summed E-state index contributed by atoms with van der Waals surface area (Å²) in [5.74, 6) is 0. The fraction of sp³-hybridized carbons (Fsp3) is 0. The lowest BCUT2D eigenvalue weighted by Gasteiger charge is -2.31. The Balaban J connectivity index is 1.42. The number of rotatable bonds is 3. The van der Waals surface area contributed by atoms with Crippen LogP contribution < -0.4 is 109 Å². The van der Waals surface area contributed by atoms with Crippen LogP contribution in [0.15, 0.2) is 52.9 Å². The highest BCUT2D eigenvalue weighted by atomic mass is 16.3. The summed E-state index contributed by atoms with van der Waals surface area (Å²) in [6.45, 7) is 0. The molecule has 0 unspecified atom stereocenters. The van der Waals surface area contributed by atoms with E-state index in [0.29, 0.717) is 49.0 Å². The highest BCUT2D eigenvalue weighted by molar-refractivity contribution is 6.75. The zero-order valence-corrected chi connectivity index (χ0v) is 35.6. The lowest BCUT2D eigenvalue weighted by Crippen LogP contribution is -2.52. The van der Waals surface area contributed by atoms with Gasteiger partial charge in [0.1, 0.15) is 168 Å². The summed E-state index contributed by atoms with van der Waals surface area (Å²) >= 11 is 0. The standard InChI is InChI=1S/C46H8B20O/c47-25-18(16-17(29(51)37(59)36(58)28(16)50)19-23(25)33(55)39(61)38(60)30(19)52)22-26(48)21(31(53)35(57)32(22)54)14-11-7-3-1-5-9(11)13(10-6-2-4-8-12(10)14)15-20-24-34(56)40(62)42(64)44(66)46(24)67-45(20)43(65)41(63)27(15)49/h1-8H. The summed E-state index contributed by atoms with van der Waals surface area (Å²) in [4.78, 5) is 0. The quantitative estimate of drug-likeness (QED) is 0.0987. The Labute approximate surface area is 415 Å². The molecule has 1 aromatic heterocycles. The molecule has 0 aliphatic rings. The van der Waals surface area contributed by atoms with Crippen LogP contribution in [-0.2, 0) is 0 Å². The lowest BCUT2D eigenvalue weighted by atomic mass is 9.56. The smallest absolute Gasteiger partial charge is 0.128 e. The summed E-state index contributed by atoms with van der Waals surface area (Å²) in [5, 5.41) is 4.03. The van der Waals surface area contributed by atoms with Crippen molar-refractivity contribution < 1.29 is 4.42 Å². The van der Waals surface area contributed by atoms with Gasteiger partial charge in [-0.15, -0.1) is 43.7 Å². The number of hydrogen-bond acceptors (Lipinski definition) is 1. The molecular weight excluding hydrogens is 785 g/mol. The minimum absolute atomic E-state index is 0.00531. The van der Waals surface area contributed by atoms with Crippen LogP contribution in [-0.4, -0.2) is 157 Å². The molecule has 0 saturated carbocycles. The minimum atomic E-state index is -0.0595. The predicted octanol–water partition coefficient (Wildman–Crippen LogP) is -10.9. The molecule has 0 N–H and O–H groups in total. The van der Waals surface area contributed by atoms with Gasteiger partial charge in [0, 0.05) is 10.8 Å². The Morgan fingerprint density at radius 2 is 0.478 bits per heavy atom. The van der Waals surface area contributed by atoms with Crippen molar-refractivity contribution in [2.45, 2.75) is 0 Å². The summed E-state index contributed by atoms with van der Waals surface area (Å²) in [6, 6.07) is 15.0. The second kappa shape index (κ2) is 15.8. The minimum Gasteiger partial charge on any atom is -0.457 e. The van der Waals surface area contributed by atoms with Gasteiger partial charge in [-0.25, -0.2) is 0 Å².